The number of rotatable bonds is 4. The molecule has 1 heterocycles. The van der Waals surface area contributed by atoms with Crippen LogP contribution in [-0.2, 0) is 0 Å². The highest BCUT2D eigenvalue weighted by Crippen LogP contribution is 2.47. The minimum absolute atomic E-state index is 0.593. The molecular weight excluding hydrogens is 136 g/mol. The van der Waals surface area contributed by atoms with Gasteiger partial charge in [0.1, 0.15) is 0 Å². The van der Waals surface area contributed by atoms with Crippen LogP contribution in [0.2, 0.25) is 0 Å². The van der Waals surface area contributed by atoms with Crippen molar-refractivity contribution >= 4 is 0 Å². The van der Waals surface area contributed by atoms with Gasteiger partial charge in [-0.3, -0.25) is 0 Å². The van der Waals surface area contributed by atoms with E-state index in [0.717, 1.165) is 6.54 Å². The molecule has 2 aliphatic rings. The van der Waals surface area contributed by atoms with E-state index in [1.54, 1.807) is 0 Å². The van der Waals surface area contributed by atoms with Crippen molar-refractivity contribution in [1.29, 1.82) is 0 Å². The van der Waals surface area contributed by atoms with Crippen LogP contribution in [0, 0.1) is 5.41 Å². The Morgan fingerprint density at radius 3 is 2.36 bits per heavy atom. The monoisotopic (exact) mass is 154 g/mol. The van der Waals surface area contributed by atoms with Crippen LogP contribution in [-0.4, -0.2) is 31.1 Å². The first-order valence-electron chi connectivity index (χ1n) is 4.77. The first kappa shape index (κ1) is 7.56. The van der Waals surface area contributed by atoms with E-state index >= 15 is 0 Å². The number of hydrogen-bond acceptors (Lipinski definition) is 2. The Morgan fingerprint density at radius 2 is 2.00 bits per heavy atom. The summed E-state index contributed by atoms with van der Waals surface area (Å²) in [6.07, 6.45) is 5.54. The van der Waals surface area contributed by atoms with Crippen molar-refractivity contribution in [2.75, 3.05) is 26.2 Å². The number of hydrogen-bond donors (Lipinski definition) is 1. The fourth-order valence-corrected chi connectivity index (χ4v) is 1.73. The highest BCUT2D eigenvalue weighted by molar-refractivity contribution is 4.94. The Labute approximate surface area is 68.7 Å². The molecule has 0 aromatic carbocycles. The Bertz CT molecular complexity index is 136. The molecule has 0 atom stereocenters. The summed E-state index contributed by atoms with van der Waals surface area (Å²) in [5, 5.41) is 0. The third-order valence-electron chi connectivity index (χ3n) is 3.30. The highest BCUT2D eigenvalue weighted by Gasteiger charge is 2.40. The third-order valence-corrected chi connectivity index (χ3v) is 3.30. The molecule has 2 heteroatoms. The van der Waals surface area contributed by atoms with Crippen LogP contribution < -0.4 is 5.73 Å². The van der Waals surface area contributed by atoms with E-state index in [4.69, 9.17) is 5.73 Å². The van der Waals surface area contributed by atoms with Crippen LogP contribution in [0.5, 0.6) is 0 Å². The van der Waals surface area contributed by atoms with Gasteiger partial charge in [-0.2, -0.15) is 0 Å². The van der Waals surface area contributed by atoms with Gasteiger partial charge in [-0.05, 0) is 57.3 Å². The minimum Gasteiger partial charge on any atom is -0.330 e. The summed E-state index contributed by atoms with van der Waals surface area (Å²) < 4.78 is 0. The van der Waals surface area contributed by atoms with Crippen molar-refractivity contribution in [1.82, 2.24) is 4.90 Å². The van der Waals surface area contributed by atoms with Gasteiger partial charge in [-0.1, -0.05) is 0 Å². The standard InChI is InChI=1S/C9H18N2/c10-8-9(2-3-9)4-7-11-5-1-6-11/h1-8,10H2. The molecule has 2 rings (SSSR count). The zero-order chi connectivity index (χ0) is 7.73. The Balaban J connectivity index is 1.65. The van der Waals surface area contributed by atoms with Crippen molar-refractivity contribution in [3.63, 3.8) is 0 Å². The molecule has 0 unspecified atom stereocenters. The lowest BCUT2D eigenvalue weighted by Gasteiger charge is -2.31. The molecule has 1 aliphatic heterocycles. The van der Waals surface area contributed by atoms with Crippen molar-refractivity contribution in [2.45, 2.75) is 25.7 Å². The summed E-state index contributed by atoms with van der Waals surface area (Å²) >= 11 is 0. The summed E-state index contributed by atoms with van der Waals surface area (Å²) in [6.45, 7) is 4.89. The number of nitrogens with two attached hydrogens (primary N) is 1. The minimum atomic E-state index is 0.593. The maximum absolute atomic E-state index is 5.70. The normalized spacial score (nSPS) is 28.1. The Kier molecular flexibility index (Phi) is 1.90. The fraction of sp³-hybridized carbons (Fsp3) is 1.00. The lowest BCUT2D eigenvalue weighted by Crippen LogP contribution is -2.39. The van der Waals surface area contributed by atoms with Gasteiger partial charge in [0.25, 0.3) is 0 Å². The first-order chi connectivity index (χ1) is 5.35. The molecule has 11 heavy (non-hydrogen) atoms. The van der Waals surface area contributed by atoms with Gasteiger partial charge in [0.05, 0.1) is 0 Å². The van der Waals surface area contributed by atoms with Crippen LogP contribution in [0.4, 0.5) is 0 Å². The van der Waals surface area contributed by atoms with Gasteiger partial charge >= 0.3 is 0 Å². The second-order valence-electron chi connectivity index (χ2n) is 4.15. The van der Waals surface area contributed by atoms with E-state index in [9.17, 15) is 0 Å². The number of likely N-dealkylation sites (tertiary alicyclic amines) is 1. The molecule has 2 fully saturated rings. The van der Waals surface area contributed by atoms with E-state index in [0.29, 0.717) is 5.41 Å². The van der Waals surface area contributed by atoms with E-state index in [1.165, 1.54) is 45.3 Å². The molecule has 0 radical (unpaired) electrons. The van der Waals surface area contributed by atoms with Crippen LogP contribution in [0.15, 0.2) is 0 Å². The van der Waals surface area contributed by atoms with Crippen molar-refractivity contribution in [2.24, 2.45) is 11.1 Å². The quantitative estimate of drug-likeness (QED) is 0.649. The zero-order valence-corrected chi connectivity index (χ0v) is 7.18. The molecule has 0 spiro atoms. The second kappa shape index (κ2) is 2.76. The average molecular weight is 154 g/mol. The third kappa shape index (κ3) is 1.57. The maximum atomic E-state index is 5.70. The lowest BCUT2D eigenvalue weighted by atomic mass is 10.0. The second-order valence-corrected chi connectivity index (χ2v) is 4.15. The topological polar surface area (TPSA) is 29.3 Å². The largest absolute Gasteiger partial charge is 0.330 e. The Hall–Kier alpha value is -0.0800. The predicted molar refractivity (Wildman–Crippen MR) is 46.4 cm³/mol. The first-order valence-corrected chi connectivity index (χ1v) is 4.77. The highest BCUT2D eigenvalue weighted by atomic mass is 15.2. The van der Waals surface area contributed by atoms with Gasteiger partial charge < -0.3 is 10.6 Å². The zero-order valence-electron chi connectivity index (χ0n) is 7.18. The molecule has 2 N–H and O–H groups in total. The van der Waals surface area contributed by atoms with Gasteiger partial charge in [-0.15, -0.1) is 0 Å². The molecule has 0 amide bonds. The van der Waals surface area contributed by atoms with Gasteiger partial charge in [-0.25, -0.2) is 0 Å². The molecule has 0 bridgehead atoms. The van der Waals surface area contributed by atoms with E-state index in [2.05, 4.69) is 4.90 Å². The predicted octanol–water partition coefficient (Wildman–Crippen LogP) is 0.821. The van der Waals surface area contributed by atoms with E-state index in [-0.39, 0.29) is 0 Å². The van der Waals surface area contributed by atoms with E-state index in [1.807, 2.05) is 0 Å². The summed E-state index contributed by atoms with van der Waals surface area (Å²) in [5.41, 5.74) is 6.29. The molecule has 1 saturated heterocycles. The average Bonchev–Trinajstić information content (AvgIpc) is 2.66. The number of nitrogens with zero attached hydrogens (tertiary/aromatic N) is 1. The molecule has 1 saturated carbocycles. The molecule has 2 nitrogen and oxygen atoms in total. The fourth-order valence-electron chi connectivity index (χ4n) is 1.73. The van der Waals surface area contributed by atoms with Crippen molar-refractivity contribution < 1.29 is 0 Å². The van der Waals surface area contributed by atoms with Crippen molar-refractivity contribution in [3.8, 4) is 0 Å². The van der Waals surface area contributed by atoms with Crippen molar-refractivity contribution in [3.05, 3.63) is 0 Å². The molecule has 0 aromatic heterocycles. The summed E-state index contributed by atoms with van der Waals surface area (Å²) in [6, 6.07) is 0. The molecule has 0 aromatic rings. The lowest BCUT2D eigenvalue weighted by molar-refractivity contribution is 0.166. The molecule has 1 aliphatic carbocycles. The summed E-state index contributed by atoms with van der Waals surface area (Å²) in [4.78, 5) is 2.54. The van der Waals surface area contributed by atoms with Gasteiger partial charge in [0, 0.05) is 0 Å². The van der Waals surface area contributed by atoms with Crippen LogP contribution in [0.3, 0.4) is 0 Å². The SMILES string of the molecule is NCC1(CCN2CCC2)CC1. The van der Waals surface area contributed by atoms with E-state index < -0.39 is 0 Å². The Morgan fingerprint density at radius 1 is 1.27 bits per heavy atom. The van der Waals surface area contributed by atoms with Crippen LogP contribution >= 0.6 is 0 Å². The van der Waals surface area contributed by atoms with Crippen LogP contribution in [0.1, 0.15) is 25.7 Å². The van der Waals surface area contributed by atoms with Crippen LogP contribution in [0.25, 0.3) is 0 Å². The molecular formula is C9H18N2. The molecule has 64 valence electrons. The smallest absolute Gasteiger partial charge is 0.000653 e. The summed E-state index contributed by atoms with van der Waals surface area (Å²) in [5.74, 6) is 0. The maximum Gasteiger partial charge on any atom is -0.000653 e. The van der Waals surface area contributed by atoms with Gasteiger partial charge in [0.15, 0.2) is 0 Å². The summed E-state index contributed by atoms with van der Waals surface area (Å²) in [7, 11) is 0. The van der Waals surface area contributed by atoms with Gasteiger partial charge in [0.2, 0.25) is 0 Å².